The third-order valence-corrected chi connectivity index (χ3v) is 23.4. The number of benzene rings is 10. The molecule has 2 fully saturated rings. The normalized spacial score (nSPS) is 19.7. The van der Waals surface area contributed by atoms with Gasteiger partial charge in [0.2, 0.25) is 0 Å². The molecule has 2 aromatic heterocycles. The van der Waals surface area contributed by atoms with Crippen LogP contribution in [0.15, 0.2) is 211 Å². The Morgan fingerprint density at radius 1 is 0.557 bits per heavy atom. The molecule has 3 atom stereocenters. The van der Waals surface area contributed by atoms with Gasteiger partial charge in [0, 0.05) is 70.7 Å². The Balaban J connectivity index is 0.932. The van der Waals surface area contributed by atoms with Gasteiger partial charge >= 0.3 is 0 Å². The first-order valence-corrected chi connectivity index (χ1v) is 33.1. The lowest BCUT2D eigenvalue weighted by Crippen LogP contribution is -2.60. The molecule has 18 rings (SSSR count). The number of para-hydroxylation sites is 3. The molecule has 6 aliphatic rings. The second kappa shape index (κ2) is 18.5. The van der Waals surface area contributed by atoms with Crippen molar-refractivity contribution in [3.05, 3.63) is 240 Å². The van der Waals surface area contributed by atoms with E-state index in [1.807, 2.05) is 11.3 Å². The molecule has 12 aromatic rings. The fourth-order valence-electron chi connectivity index (χ4n) is 17.8. The van der Waals surface area contributed by atoms with Crippen LogP contribution >= 0.6 is 11.3 Å². The summed E-state index contributed by atoms with van der Waals surface area (Å²) in [4.78, 5) is 7.86. The topological polar surface area (TPSA) is 22.9 Å². The van der Waals surface area contributed by atoms with Gasteiger partial charge < -0.3 is 19.1 Å². The van der Waals surface area contributed by atoms with E-state index in [-0.39, 0.29) is 28.4 Å². The van der Waals surface area contributed by atoms with E-state index in [0.717, 1.165) is 62.7 Å². The Labute approximate surface area is 522 Å². The maximum absolute atomic E-state index is 7.16. The number of nitrogens with zero attached hydrogens (tertiary/aromatic N) is 3. The first kappa shape index (κ1) is 52.5. The Kier molecular flexibility index (Phi) is 11.0. The van der Waals surface area contributed by atoms with Crippen molar-refractivity contribution < 1.29 is 4.42 Å². The van der Waals surface area contributed by atoms with Crippen molar-refractivity contribution in [3.63, 3.8) is 0 Å². The van der Waals surface area contributed by atoms with Crippen molar-refractivity contribution in [1.29, 1.82) is 0 Å². The van der Waals surface area contributed by atoms with E-state index in [1.165, 1.54) is 125 Å². The van der Waals surface area contributed by atoms with Gasteiger partial charge in [-0.1, -0.05) is 182 Å². The smallest absolute Gasteiger partial charge is 0.264 e. The minimum atomic E-state index is -0.0748. The monoisotopic (exact) mass is 1160 g/mol. The van der Waals surface area contributed by atoms with Crippen LogP contribution in [0.3, 0.4) is 0 Å². The van der Waals surface area contributed by atoms with E-state index in [4.69, 9.17) is 4.42 Å². The standard InChI is InChI=1S/C82H72BN3OS/c1-49-41-71-75-72(42-49)86(69-27-18-24-61-60-23-14-17-28-73(60)87-77(61)69)70-45-56(84(54-33-31-52(32-34-54)79(2,3)4)68-26-16-13-21-57(68)51-19-10-9-11-20-51)36-38-67(70)83(75)78-76(62-46-65-66(47-74(62)88-78)81(7,8)40-39-80(65,5)6)85(71)55-35-37-59-58-22-12-15-25-63(58)82(64(59)44-55)48-50-29-30-53(82)43-50/h9-28,31-38,41-42,44-47,50,53H,29-30,39-40,43,48H2,1-8H3. The molecule has 6 heteroatoms. The maximum atomic E-state index is 7.16. The van der Waals surface area contributed by atoms with E-state index < -0.39 is 0 Å². The number of furan rings is 1. The molecule has 0 radical (unpaired) electrons. The van der Waals surface area contributed by atoms with Crippen LogP contribution in [0.5, 0.6) is 0 Å². The molecule has 3 unspecified atom stereocenters. The average molecular weight is 1160 g/mol. The minimum Gasteiger partial charge on any atom is -0.454 e. The van der Waals surface area contributed by atoms with Crippen LogP contribution in [0.1, 0.15) is 120 Å². The number of aryl methyl sites for hydroxylation is 1. The number of anilines is 9. The molecule has 2 bridgehead atoms. The van der Waals surface area contributed by atoms with Gasteiger partial charge in [-0.15, -0.1) is 11.3 Å². The summed E-state index contributed by atoms with van der Waals surface area (Å²) < 4.78 is 9.94. The third kappa shape index (κ3) is 7.39. The van der Waals surface area contributed by atoms with Crippen LogP contribution < -0.4 is 30.4 Å². The van der Waals surface area contributed by atoms with Gasteiger partial charge in [-0.2, -0.15) is 0 Å². The average Bonchev–Trinajstić information content (AvgIpc) is 1.37. The molecule has 10 aromatic carbocycles. The molecule has 2 saturated carbocycles. The lowest BCUT2D eigenvalue weighted by atomic mass is 9.36. The fraction of sp³-hybridized carbons (Fsp3) is 0.244. The van der Waals surface area contributed by atoms with E-state index in [0.29, 0.717) is 5.92 Å². The van der Waals surface area contributed by atoms with Crippen molar-refractivity contribution >= 4 is 117 Å². The molecular weight excluding hydrogens is 1090 g/mol. The van der Waals surface area contributed by atoms with Gasteiger partial charge in [-0.25, -0.2) is 0 Å². The van der Waals surface area contributed by atoms with E-state index in [9.17, 15) is 0 Å². The summed E-state index contributed by atoms with van der Waals surface area (Å²) in [6.45, 7) is 19.1. The number of hydrogen-bond donors (Lipinski definition) is 0. The molecular formula is C82H72BN3OS. The molecule has 1 spiro atoms. The number of hydrogen-bond acceptors (Lipinski definition) is 5. The first-order chi connectivity index (χ1) is 42.6. The molecule has 0 N–H and O–H groups in total. The summed E-state index contributed by atoms with van der Waals surface area (Å²) >= 11 is 2.04. The van der Waals surface area contributed by atoms with E-state index in [1.54, 1.807) is 11.1 Å². The SMILES string of the molecule is Cc1cc2c3c(c1)N(c1cccc4c1oc1ccccc14)c1cc(N(c4ccc(C(C)(C)C)cc4)c4ccccc4-c4ccccc4)ccc1B3c1sc3cc4c(cc3c1N2c1ccc2c(c1)C1(CC3CCC1C3)c1ccccc1-2)C(C)(C)CCC4(C)C. The van der Waals surface area contributed by atoms with Crippen LogP contribution in [-0.4, -0.2) is 6.71 Å². The largest absolute Gasteiger partial charge is 0.454 e. The zero-order chi connectivity index (χ0) is 59.3. The van der Waals surface area contributed by atoms with Crippen LogP contribution in [-0.2, 0) is 21.7 Å². The van der Waals surface area contributed by atoms with Crippen molar-refractivity contribution in [1.82, 2.24) is 0 Å². The zero-order valence-corrected chi connectivity index (χ0v) is 52.6. The lowest BCUT2D eigenvalue weighted by Gasteiger charge is -2.44. The van der Waals surface area contributed by atoms with Gasteiger partial charge in [-0.05, 0) is 207 Å². The molecule has 4 heterocycles. The molecule has 88 heavy (non-hydrogen) atoms. The number of thiophene rings is 1. The Morgan fingerprint density at radius 2 is 1.25 bits per heavy atom. The molecule has 0 amide bonds. The maximum Gasteiger partial charge on any atom is 0.264 e. The highest BCUT2D eigenvalue weighted by atomic mass is 32.1. The fourth-order valence-corrected chi connectivity index (χ4v) is 19.2. The van der Waals surface area contributed by atoms with Crippen molar-refractivity contribution in [2.45, 2.75) is 116 Å². The van der Waals surface area contributed by atoms with Crippen LogP contribution in [0.4, 0.5) is 51.2 Å². The van der Waals surface area contributed by atoms with Crippen LogP contribution in [0.25, 0.3) is 54.3 Å². The van der Waals surface area contributed by atoms with E-state index in [2.05, 4.69) is 276 Å². The molecule has 0 saturated heterocycles. The number of rotatable bonds is 6. The molecule has 4 aliphatic carbocycles. The van der Waals surface area contributed by atoms with Gasteiger partial charge in [0.25, 0.3) is 6.71 Å². The quantitative estimate of drug-likeness (QED) is 0.155. The number of fused-ring (bicyclic) bond motifs is 18. The zero-order valence-electron chi connectivity index (χ0n) is 51.8. The van der Waals surface area contributed by atoms with Crippen LogP contribution in [0.2, 0.25) is 0 Å². The second-order valence-corrected chi connectivity index (χ2v) is 30.2. The van der Waals surface area contributed by atoms with Gasteiger partial charge in [0.15, 0.2) is 5.58 Å². The van der Waals surface area contributed by atoms with Crippen molar-refractivity contribution in [3.8, 4) is 22.3 Å². The van der Waals surface area contributed by atoms with Crippen LogP contribution in [0, 0.1) is 18.8 Å². The molecule has 430 valence electrons. The molecule has 2 aliphatic heterocycles. The Bertz CT molecular complexity index is 4920. The van der Waals surface area contributed by atoms with Gasteiger partial charge in [-0.3, -0.25) is 0 Å². The summed E-state index contributed by atoms with van der Waals surface area (Å²) in [6, 6.07) is 79.5. The molecule has 4 nitrogen and oxygen atoms in total. The third-order valence-electron chi connectivity index (χ3n) is 22.2. The summed E-state index contributed by atoms with van der Waals surface area (Å²) in [7, 11) is 0. The van der Waals surface area contributed by atoms with E-state index >= 15 is 0 Å². The van der Waals surface area contributed by atoms with Crippen molar-refractivity contribution in [2.24, 2.45) is 11.8 Å². The summed E-state index contributed by atoms with van der Waals surface area (Å²) in [5.74, 6) is 1.43. The predicted molar refractivity (Wildman–Crippen MR) is 374 cm³/mol. The Morgan fingerprint density at radius 3 is 2.02 bits per heavy atom. The lowest BCUT2D eigenvalue weighted by molar-refractivity contribution is 0.327. The summed E-state index contributed by atoms with van der Waals surface area (Å²) in [5.41, 5.74) is 29.0. The van der Waals surface area contributed by atoms with Crippen molar-refractivity contribution in [2.75, 3.05) is 14.7 Å². The highest BCUT2D eigenvalue weighted by molar-refractivity contribution is 7.33. The summed E-state index contributed by atoms with van der Waals surface area (Å²) in [5, 5.41) is 3.61. The first-order valence-electron chi connectivity index (χ1n) is 32.3. The van der Waals surface area contributed by atoms with Gasteiger partial charge in [0.1, 0.15) is 5.58 Å². The minimum absolute atomic E-state index is 0.00333. The second-order valence-electron chi connectivity index (χ2n) is 29.1. The highest BCUT2D eigenvalue weighted by Gasteiger charge is 2.57. The van der Waals surface area contributed by atoms with Gasteiger partial charge in [0.05, 0.1) is 17.1 Å². The predicted octanol–water partition coefficient (Wildman–Crippen LogP) is 21.1. The highest BCUT2D eigenvalue weighted by Crippen LogP contribution is 2.66. The Hall–Kier alpha value is -8.58. The summed E-state index contributed by atoms with van der Waals surface area (Å²) in [6.07, 6.45) is 7.58.